The molecule has 0 bridgehead atoms. The summed E-state index contributed by atoms with van der Waals surface area (Å²) in [6.07, 6.45) is 3.93. The number of aryl methyl sites for hydroxylation is 1. The molecular formula is C23H23FN2O3. The van der Waals surface area contributed by atoms with Gasteiger partial charge in [-0.15, -0.1) is 0 Å². The number of aromatic nitrogens is 1. The molecule has 1 fully saturated rings. The number of para-hydroxylation sites is 1. The molecule has 0 N–H and O–H groups in total. The molecule has 1 aromatic heterocycles. The molecule has 1 aliphatic rings. The maximum absolute atomic E-state index is 13.1. The highest BCUT2D eigenvalue weighted by molar-refractivity contribution is 5.78. The van der Waals surface area contributed by atoms with Crippen LogP contribution in [0.25, 0.3) is 0 Å². The van der Waals surface area contributed by atoms with Crippen LogP contribution in [0.4, 0.5) is 4.39 Å². The van der Waals surface area contributed by atoms with Crippen molar-refractivity contribution in [1.29, 1.82) is 0 Å². The number of hydrogen-bond donors (Lipinski definition) is 0. The van der Waals surface area contributed by atoms with Gasteiger partial charge >= 0.3 is 0 Å². The summed E-state index contributed by atoms with van der Waals surface area (Å²) in [5, 5.41) is 0. The SMILES string of the molecule is Cc1ccccc1OCC(=O)N1CCC[C@H]1c1ncc(Cc2ccc(F)cc2)o1. The summed E-state index contributed by atoms with van der Waals surface area (Å²) in [7, 11) is 0. The van der Waals surface area contributed by atoms with Crippen molar-refractivity contribution in [3.05, 3.63) is 83.3 Å². The molecule has 6 heteroatoms. The average molecular weight is 394 g/mol. The van der Waals surface area contributed by atoms with Gasteiger partial charge in [-0.2, -0.15) is 0 Å². The summed E-state index contributed by atoms with van der Waals surface area (Å²) in [4.78, 5) is 18.9. The van der Waals surface area contributed by atoms with E-state index in [9.17, 15) is 9.18 Å². The molecule has 1 saturated heterocycles. The summed E-state index contributed by atoms with van der Waals surface area (Å²) in [6, 6.07) is 13.8. The number of amides is 1. The number of oxazole rings is 1. The lowest BCUT2D eigenvalue weighted by atomic mass is 10.1. The third kappa shape index (κ3) is 4.47. The molecule has 0 unspecified atom stereocenters. The van der Waals surface area contributed by atoms with E-state index < -0.39 is 0 Å². The summed E-state index contributed by atoms with van der Waals surface area (Å²) < 4.78 is 24.7. The summed E-state index contributed by atoms with van der Waals surface area (Å²) >= 11 is 0. The molecule has 5 nitrogen and oxygen atoms in total. The first-order chi connectivity index (χ1) is 14.1. The molecule has 1 amide bonds. The van der Waals surface area contributed by atoms with Crippen LogP contribution in [-0.4, -0.2) is 28.9 Å². The largest absolute Gasteiger partial charge is 0.484 e. The minimum absolute atomic E-state index is 0.00943. The van der Waals surface area contributed by atoms with Gasteiger partial charge in [0.15, 0.2) is 6.61 Å². The van der Waals surface area contributed by atoms with Gasteiger partial charge in [-0.3, -0.25) is 4.79 Å². The number of likely N-dealkylation sites (tertiary alicyclic amines) is 1. The van der Waals surface area contributed by atoms with Gasteiger partial charge in [0.25, 0.3) is 5.91 Å². The maximum Gasteiger partial charge on any atom is 0.261 e. The minimum atomic E-state index is -0.264. The number of carbonyl (C=O) groups is 1. The standard InChI is InChI=1S/C23H23FN2O3/c1-16-5-2-3-7-21(16)28-15-22(27)26-12-4-6-20(26)23-25-14-19(29-23)13-17-8-10-18(24)11-9-17/h2-3,5,7-11,14,20H,4,6,12-13,15H2,1H3/t20-/m0/s1. The molecule has 0 saturated carbocycles. The Labute approximate surface area is 169 Å². The van der Waals surface area contributed by atoms with Crippen LogP contribution in [-0.2, 0) is 11.2 Å². The Bertz CT molecular complexity index is 984. The second-order valence-electron chi connectivity index (χ2n) is 7.27. The molecular weight excluding hydrogens is 371 g/mol. The molecule has 2 heterocycles. The Morgan fingerprint density at radius 1 is 1.24 bits per heavy atom. The number of carbonyl (C=O) groups excluding carboxylic acids is 1. The van der Waals surface area contributed by atoms with Crippen molar-refractivity contribution in [2.75, 3.05) is 13.2 Å². The fraction of sp³-hybridized carbons (Fsp3) is 0.304. The van der Waals surface area contributed by atoms with Crippen LogP contribution in [0.15, 0.2) is 59.1 Å². The molecule has 2 aromatic carbocycles. The van der Waals surface area contributed by atoms with E-state index in [4.69, 9.17) is 9.15 Å². The van der Waals surface area contributed by atoms with Crippen molar-refractivity contribution in [1.82, 2.24) is 9.88 Å². The second kappa shape index (κ2) is 8.47. The predicted octanol–water partition coefficient (Wildman–Crippen LogP) is 4.46. The van der Waals surface area contributed by atoms with Crippen molar-refractivity contribution in [3.63, 3.8) is 0 Å². The van der Waals surface area contributed by atoms with Crippen molar-refractivity contribution in [3.8, 4) is 5.75 Å². The Balaban J connectivity index is 1.40. The lowest BCUT2D eigenvalue weighted by molar-refractivity contribution is -0.134. The normalized spacial score (nSPS) is 16.2. The summed E-state index contributed by atoms with van der Waals surface area (Å²) in [5.41, 5.74) is 1.94. The van der Waals surface area contributed by atoms with E-state index in [0.29, 0.717) is 30.4 Å². The van der Waals surface area contributed by atoms with E-state index in [1.165, 1.54) is 12.1 Å². The smallest absolute Gasteiger partial charge is 0.261 e. The van der Waals surface area contributed by atoms with Crippen LogP contribution in [0.2, 0.25) is 0 Å². The van der Waals surface area contributed by atoms with Crippen LogP contribution in [0.3, 0.4) is 0 Å². The summed E-state index contributed by atoms with van der Waals surface area (Å²) in [5.74, 6) is 1.62. The number of rotatable bonds is 6. The fourth-order valence-electron chi connectivity index (χ4n) is 3.62. The van der Waals surface area contributed by atoms with Gasteiger partial charge in [0.1, 0.15) is 23.4 Å². The van der Waals surface area contributed by atoms with E-state index in [1.807, 2.05) is 31.2 Å². The molecule has 29 heavy (non-hydrogen) atoms. The average Bonchev–Trinajstić information content (AvgIpc) is 3.38. The van der Waals surface area contributed by atoms with Gasteiger partial charge in [0.2, 0.25) is 5.89 Å². The number of halogens is 1. The quantitative estimate of drug-likeness (QED) is 0.620. The van der Waals surface area contributed by atoms with Crippen molar-refractivity contribution in [2.45, 2.75) is 32.2 Å². The van der Waals surface area contributed by atoms with Crippen molar-refractivity contribution in [2.24, 2.45) is 0 Å². The van der Waals surface area contributed by atoms with Crippen LogP contribution in [0, 0.1) is 12.7 Å². The first kappa shape index (κ1) is 19.2. The second-order valence-corrected chi connectivity index (χ2v) is 7.27. The van der Waals surface area contributed by atoms with Gasteiger partial charge in [0.05, 0.1) is 6.20 Å². The predicted molar refractivity (Wildman–Crippen MR) is 106 cm³/mol. The zero-order chi connectivity index (χ0) is 20.2. The topological polar surface area (TPSA) is 55.6 Å². The third-order valence-electron chi connectivity index (χ3n) is 5.17. The molecule has 0 aliphatic carbocycles. The fourth-order valence-corrected chi connectivity index (χ4v) is 3.62. The lowest BCUT2D eigenvalue weighted by Crippen LogP contribution is -2.34. The molecule has 150 valence electrons. The van der Waals surface area contributed by atoms with E-state index in [0.717, 1.165) is 24.0 Å². The van der Waals surface area contributed by atoms with Crippen LogP contribution in [0.5, 0.6) is 5.75 Å². The third-order valence-corrected chi connectivity index (χ3v) is 5.17. The first-order valence-corrected chi connectivity index (χ1v) is 9.77. The summed E-state index contributed by atoms with van der Waals surface area (Å²) in [6.45, 7) is 2.61. The maximum atomic E-state index is 13.1. The van der Waals surface area contributed by atoms with E-state index >= 15 is 0 Å². The first-order valence-electron chi connectivity index (χ1n) is 9.77. The highest BCUT2D eigenvalue weighted by Gasteiger charge is 2.33. The number of ether oxygens (including phenoxy) is 1. The highest BCUT2D eigenvalue weighted by atomic mass is 19.1. The van der Waals surface area contributed by atoms with Crippen molar-refractivity contribution < 1.29 is 18.3 Å². The van der Waals surface area contributed by atoms with Gasteiger partial charge in [-0.1, -0.05) is 30.3 Å². The monoisotopic (exact) mass is 394 g/mol. The van der Waals surface area contributed by atoms with Crippen LogP contribution < -0.4 is 4.74 Å². The van der Waals surface area contributed by atoms with Gasteiger partial charge in [-0.05, 0) is 49.1 Å². The van der Waals surface area contributed by atoms with Gasteiger partial charge < -0.3 is 14.1 Å². The number of nitrogens with zero attached hydrogens (tertiary/aromatic N) is 2. The number of hydrogen-bond acceptors (Lipinski definition) is 4. The minimum Gasteiger partial charge on any atom is -0.484 e. The van der Waals surface area contributed by atoms with Gasteiger partial charge in [-0.25, -0.2) is 9.37 Å². The van der Waals surface area contributed by atoms with Crippen molar-refractivity contribution >= 4 is 5.91 Å². The molecule has 1 aliphatic heterocycles. The Morgan fingerprint density at radius 2 is 2.03 bits per heavy atom. The van der Waals surface area contributed by atoms with E-state index in [-0.39, 0.29) is 24.4 Å². The van der Waals surface area contributed by atoms with E-state index in [1.54, 1.807) is 23.2 Å². The molecule has 1 atom stereocenters. The van der Waals surface area contributed by atoms with Crippen LogP contribution >= 0.6 is 0 Å². The zero-order valence-corrected chi connectivity index (χ0v) is 16.3. The highest BCUT2D eigenvalue weighted by Crippen LogP contribution is 2.32. The molecule has 0 radical (unpaired) electrons. The van der Waals surface area contributed by atoms with Gasteiger partial charge in [0, 0.05) is 13.0 Å². The van der Waals surface area contributed by atoms with E-state index in [2.05, 4.69) is 4.98 Å². The Hall–Kier alpha value is -3.15. The molecule has 4 rings (SSSR count). The lowest BCUT2D eigenvalue weighted by Gasteiger charge is -2.22. The number of benzene rings is 2. The Kier molecular flexibility index (Phi) is 5.60. The van der Waals surface area contributed by atoms with Crippen LogP contribution in [0.1, 0.15) is 41.7 Å². The zero-order valence-electron chi connectivity index (χ0n) is 16.3. The molecule has 3 aromatic rings. The molecule has 0 spiro atoms. The Morgan fingerprint density at radius 3 is 2.83 bits per heavy atom.